The Labute approximate surface area is 117 Å². The van der Waals surface area contributed by atoms with Gasteiger partial charge in [-0.1, -0.05) is 30.3 Å². The fraction of sp³-hybridized carbons (Fsp3) is 0. The smallest absolute Gasteiger partial charge is 0.187 e. The molecule has 0 fully saturated rings. The summed E-state index contributed by atoms with van der Waals surface area (Å²) in [6, 6.07) is 18.7. The van der Waals surface area contributed by atoms with Crippen LogP contribution in [0.5, 0.6) is 11.5 Å². The molecular formula is C17H12N2O. The summed E-state index contributed by atoms with van der Waals surface area (Å²) in [4.78, 5) is 3.35. The molecule has 3 heteroatoms. The summed E-state index contributed by atoms with van der Waals surface area (Å²) >= 11 is 0. The Bertz CT molecular complexity index is 801. The third-order valence-electron chi connectivity index (χ3n) is 3.09. The van der Waals surface area contributed by atoms with Gasteiger partial charge in [0, 0.05) is 11.1 Å². The highest BCUT2D eigenvalue weighted by molar-refractivity contribution is 5.93. The normalized spacial score (nSPS) is 10.2. The molecule has 0 unspecified atom stereocenters. The second kappa shape index (κ2) is 4.94. The second-order valence-electron chi connectivity index (χ2n) is 4.44. The van der Waals surface area contributed by atoms with Gasteiger partial charge in [-0.3, -0.25) is 0 Å². The molecule has 3 nitrogen and oxygen atoms in total. The molecule has 0 atom stereocenters. The van der Waals surface area contributed by atoms with Crippen LogP contribution in [0.1, 0.15) is 0 Å². The predicted molar refractivity (Wildman–Crippen MR) is 81.1 cm³/mol. The first kappa shape index (κ1) is 12.1. The van der Waals surface area contributed by atoms with E-state index in [1.807, 2.05) is 36.4 Å². The van der Waals surface area contributed by atoms with E-state index in [1.165, 1.54) is 0 Å². The fourth-order valence-electron chi connectivity index (χ4n) is 2.06. The third-order valence-corrected chi connectivity index (χ3v) is 3.09. The minimum atomic E-state index is 0.597. The number of rotatable bonds is 2. The zero-order valence-corrected chi connectivity index (χ0v) is 10.7. The zero-order chi connectivity index (χ0) is 13.9. The number of benzene rings is 3. The molecule has 0 saturated carbocycles. The second-order valence-corrected chi connectivity index (χ2v) is 4.44. The summed E-state index contributed by atoms with van der Waals surface area (Å²) in [6.07, 6.45) is 0. The van der Waals surface area contributed by atoms with Crippen molar-refractivity contribution in [2.45, 2.75) is 0 Å². The first-order valence-corrected chi connectivity index (χ1v) is 6.20. The number of nitrogen functional groups attached to an aromatic ring is 1. The number of hydrogen-bond acceptors (Lipinski definition) is 2. The van der Waals surface area contributed by atoms with E-state index < -0.39 is 0 Å². The molecule has 96 valence electrons. The lowest BCUT2D eigenvalue weighted by Crippen LogP contribution is -1.88. The standard InChI is InChI=1S/C17H12N2O/c1-19-13-6-9-14(10-7-13)20-15-8-5-12-3-2-4-17(18)16(12)11-15/h2-11H,18H2. The van der Waals surface area contributed by atoms with Gasteiger partial charge in [-0.2, -0.15) is 0 Å². The van der Waals surface area contributed by atoms with E-state index >= 15 is 0 Å². The first-order valence-electron chi connectivity index (χ1n) is 6.20. The summed E-state index contributed by atoms with van der Waals surface area (Å²) in [5, 5.41) is 2.06. The molecule has 2 N–H and O–H groups in total. The molecule has 0 aliphatic heterocycles. The minimum absolute atomic E-state index is 0.597. The van der Waals surface area contributed by atoms with E-state index in [2.05, 4.69) is 4.85 Å². The van der Waals surface area contributed by atoms with Gasteiger partial charge in [0.15, 0.2) is 5.69 Å². The molecule has 3 aromatic rings. The molecule has 0 saturated heterocycles. The predicted octanol–water partition coefficient (Wildman–Crippen LogP) is 4.77. The molecule has 20 heavy (non-hydrogen) atoms. The van der Waals surface area contributed by atoms with Crippen LogP contribution in [0.2, 0.25) is 0 Å². The average molecular weight is 260 g/mol. The van der Waals surface area contributed by atoms with Gasteiger partial charge in [-0.15, -0.1) is 0 Å². The van der Waals surface area contributed by atoms with Gasteiger partial charge >= 0.3 is 0 Å². The Morgan fingerprint density at radius 1 is 0.900 bits per heavy atom. The van der Waals surface area contributed by atoms with Crippen molar-refractivity contribution in [3.63, 3.8) is 0 Å². The highest BCUT2D eigenvalue weighted by Gasteiger charge is 2.02. The Kier molecular flexibility index (Phi) is 2.98. The van der Waals surface area contributed by atoms with Crippen molar-refractivity contribution in [3.8, 4) is 11.5 Å². The Morgan fingerprint density at radius 2 is 1.65 bits per heavy atom. The molecule has 0 aliphatic rings. The largest absolute Gasteiger partial charge is 0.457 e. The van der Waals surface area contributed by atoms with Gasteiger partial charge in [0.1, 0.15) is 11.5 Å². The van der Waals surface area contributed by atoms with E-state index in [-0.39, 0.29) is 0 Å². The van der Waals surface area contributed by atoms with Gasteiger partial charge in [0.05, 0.1) is 6.57 Å². The highest BCUT2D eigenvalue weighted by Crippen LogP contribution is 2.29. The number of fused-ring (bicyclic) bond motifs is 1. The van der Waals surface area contributed by atoms with E-state index in [4.69, 9.17) is 17.0 Å². The van der Waals surface area contributed by atoms with Crippen molar-refractivity contribution < 1.29 is 4.74 Å². The van der Waals surface area contributed by atoms with Crippen LogP contribution in [0, 0.1) is 6.57 Å². The number of nitrogens with zero attached hydrogens (tertiary/aromatic N) is 1. The topological polar surface area (TPSA) is 39.6 Å². The van der Waals surface area contributed by atoms with Crippen LogP contribution in [0.3, 0.4) is 0 Å². The Balaban J connectivity index is 1.94. The van der Waals surface area contributed by atoms with Crippen LogP contribution in [0.4, 0.5) is 11.4 Å². The van der Waals surface area contributed by atoms with Crippen molar-refractivity contribution in [1.82, 2.24) is 0 Å². The van der Waals surface area contributed by atoms with E-state index in [0.29, 0.717) is 11.4 Å². The van der Waals surface area contributed by atoms with Crippen LogP contribution in [-0.4, -0.2) is 0 Å². The van der Waals surface area contributed by atoms with Crippen molar-refractivity contribution in [1.29, 1.82) is 0 Å². The lowest BCUT2D eigenvalue weighted by molar-refractivity contribution is 0.483. The monoisotopic (exact) mass is 260 g/mol. The summed E-state index contributed by atoms with van der Waals surface area (Å²) in [5.41, 5.74) is 7.30. The summed E-state index contributed by atoms with van der Waals surface area (Å²) in [5.74, 6) is 1.43. The SMILES string of the molecule is [C-]#[N+]c1ccc(Oc2ccc3cccc(N)c3c2)cc1. The van der Waals surface area contributed by atoms with Crippen LogP contribution in [0.25, 0.3) is 15.6 Å². The van der Waals surface area contributed by atoms with E-state index in [1.54, 1.807) is 24.3 Å². The summed E-state index contributed by atoms with van der Waals surface area (Å²) in [6.45, 7) is 6.92. The molecule has 3 rings (SSSR count). The molecule has 0 aromatic heterocycles. The molecular weight excluding hydrogens is 248 g/mol. The third kappa shape index (κ3) is 2.27. The Hall–Kier alpha value is -2.99. The maximum absolute atomic E-state index is 6.92. The van der Waals surface area contributed by atoms with Crippen molar-refractivity contribution >= 4 is 22.1 Å². The van der Waals surface area contributed by atoms with Gasteiger partial charge in [-0.05, 0) is 35.7 Å². The quantitative estimate of drug-likeness (QED) is 0.532. The lowest BCUT2D eigenvalue weighted by atomic mass is 10.1. The van der Waals surface area contributed by atoms with E-state index in [9.17, 15) is 0 Å². The molecule has 0 heterocycles. The molecule has 0 bridgehead atoms. The summed E-state index contributed by atoms with van der Waals surface area (Å²) < 4.78 is 5.78. The number of hydrogen-bond donors (Lipinski definition) is 1. The van der Waals surface area contributed by atoms with Crippen LogP contribution in [0.15, 0.2) is 60.7 Å². The lowest BCUT2D eigenvalue weighted by Gasteiger charge is -2.08. The molecule has 3 aromatic carbocycles. The molecule has 0 aliphatic carbocycles. The van der Waals surface area contributed by atoms with Crippen molar-refractivity contribution in [3.05, 3.63) is 72.1 Å². The highest BCUT2D eigenvalue weighted by atomic mass is 16.5. The van der Waals surface area contributed by atoms with Crippen LogP contribution < -0.4 is 10.5 Å². The molecule has 0 spiro atoms. The zero-order valence-electron chi connectivity index (χ0n) is 10.7. The number of nitrogens with two attached hydrogens (primary N) is 1. The molecule has 0 radical (unpaired) electrons. The van der Waals surface area contributed by atoms with E-state index in [0.717, 1.165) is 22.2 Å². The van der Waals surface area contributed by atoms with Gasteiger partial charge < -0.3 is 10.5 Å². The maximum Gasteiger partial charge on any atom is 0.187 e. The average Bonchev–Trinajstić information content (AvgIpc) is 2.49. The maximum atomic E-state index is 6.92. The van der Waals surface area contributed by atoms with Crippen LogP contribution in [-0.2, 0) is 0 Å². The minimum Gasteiger partial charge on any atom is -0.457 e. The number of ether oxygens (including phenoxy) is 1. The number of anilines is 1. The van der Waals surface area contributed by atoms with Gasteiger partial charge in [0.2, 0.25) is 0 Å². The van der Waals surface area contributed by atoms with Gasteiger partial charge in [-0.25, -0.2) is 4.85 Å². The fourth-order valence-corrected chi connectivity index (χ4v) is 2.06. The van der Waals surface area contributed by atoms with Crippen molar-refractivity contribution in [2.75, 3.05) is 5.73 Å². The van der Waals surface area contributed by atoms with Gasteiger partial charge in [0.25, 0.3) is 0 Å². The molecule has 0 amide bonds. The van der Waals surface area contributed by atoms with Crippen LogP contribution >= 0.6 is 0 Å². The summed E-state index contributed by atoms with van der Waals surface area (Å²) in [7, 11) is 0. The van der Waals surface area contributed by atoms with Crippen molar-refractivity contribution in [2.24, 2.45) is 0 Å². The Morgan fingerprint density at radius 3 is 2.40 bits per heavy atom. The first-order chi connectivity index (χ1) is 9.76.